The SMILES string of the molecule is Cc1ccc(-c2nc3ccc(-c4cc5ccccc5s4)cn3c2CCC(=O)NCc2cccc(C(F)(F)F)c2)cc1. The third-order valence-electron chi connectivity index (χ3n) is 7.09. The molecule has 0 spiro atoms. The summed E-state index contributed by atoms with van der Waals surface area (Å²) in [4.78, 5) is 18.9. The van der Waals surface area contributed by atoms with Gasteiger partial charge < -0.3 is 9.72 Å². The van der Waals surface area contributed by atoms with Crippen molar-refractivity contribution in [2.45, 2.75) is 32.5 Å². The van der Waals surface area contributed by atoms with Gasteiger partial charge >= 0.3 is 6.18 Å². The second-order valence-electron chi connectivity index (χ2n) is 10.0. The smallest absolute Gasteiger partial charge is 0.352 e. The maximum Gasteiger partial charge on any atom is 0.416 e. The Balaban J connectivity index is 1.28. The molecule has 4 nitrogen and oxygen atoms in total. The zero-order valence-corrected chi connectivity index (χ0v) is 23.0. The molecule has 41 heavy (non-hydrogen) atoms. The standard InChI is InChI=1S/C33H26F3N3OS/c1-21-9-11-23(12-10-21)32-27(14-16-31(40)37-19-22-5-4-7-26(17-22)33(34,35)36)39-20-25(13-15-30(39)38-32)29-18-24-6-2-3-8-28(24)41-29/h2-13,15,17-18,20H,14,16,19H2,1H3,(H,37,40). The summed E-state index contributed by atoms with van der Waals surface area (Å²) in [5.41, 5.74) is 5.32. The molecule has 8 heteroatoms. The normalized spacial score (nSPS) is 11.8. The number of nitrogens with one attached hydrogen (secondary N) is 1. The molecule has 0 aliphatic heterocycles. The van der Waals surface area contributed by atoms with E-state index in [1.807, 2.05) is 49.4 Å². The lowest BCUT2D eigenvalue weighted by molar-refractivity contribution is -0.137. The summed E-state index contributed by atoms with van der Waals surface area (Å²) in [5, 5.41) is 3.96. The third-order valence-corrected chi connectivity index (χ3v) is 8.25. The van der Waals surface area contributed by atoms with Crippen LogP contribution in [0.5, 0.6) is 0 Å². The van der Waals surface area contributed by atoms with E-state index in [9.17, 15) is 18.0 Å². The Bertz CT molecular complexity index is 1840. The van der Waals surface area contributed by atoms with Gasteiger partial charge in [-0.3, -0.25) is 4.79 Å². The van der Waals surface area contributed by atoms with Crippen molar-refractivity contribution < 1.29 is 18.0 Å². The highest BCUT2D eigenvalue weighted by Crippen LogP contribution is 2.35. The molecule has 6 aromatic rings. The van der Waals surface area contributed by atoms with Crippen molar-refractivity contribution in [1.82, 2.24) is 14.7 Å². The van der Waals surface area contributed by atoms with Gasteiger partial charge in [0.2, 0.25) is 5.91 Å². The minimum absolute atomic E-state index is 0.0246. The number of hydrogen-bond acceptors (Lipinski definition) is 3. The first kappa shape index (κ1) is 26.8. The van der Waals surface area contributed by atoms with Crippen LogP contribution in [0.1, 0.15) is 28.8 Å². The van der Waals surface area contributed by atoms with Gasteiger partial charge in [0, 0.05) is 39.9 Å². The second kappa shape index (κ2) is 10.9. The van der Waals surface area contributed by atoms with Crippen LogP contribution in [0.25, 0.3) is 37.4 Å². The number of alkyl halides is 3. The highest BCUT2D eigenvalue weighted by Gasteiger charge is 2.30. The summed E-state index contributed by atoms with van der Waals surface area (Å²) in [6.45, 7) is 2.05. The maximum absolute atomic E-state index is 13.1. The van der Waals surface area contributed by atoms with E-state index in [1.165, 1.54) is 16.2 Å². The van der Waals surface area contributed by atoms with Gasteiger partial charge in [-0.2, -0.15) is 13.2 Å². The number of halogens is 3. The number of amides is 1. The third kappa shape index (κ3) is 5.74. The number of hydrogen-bond donors (Lipinski definition) is 1. The number of carbonyl (C=O) groups is 1. The molecule has 0 aliphatic carbocycles. The highest BCUT2D eigenvalue weighted by molar-refractivity contribution is 7.22. The molecule has 6 rings (SSSR count). The van der Waals surface area contributed by atoms with Gasteiger partial charge in [-0.1, -0.05) is 60.2 Å². The minimum Gasteiger partial charge on any atom is -0.352 e. The van der Waals surface area contributed by atoms with Crippen molar-refractivity contribution in [3.63, 3.8) is 0 Å². The van der Waals surface area contributed by atoms with Gasteiger partial charge in [-0.15, -0.1) is 11.3 Å². The van der Waals surface area contributed by atoms with Gasteiger partial charge in [0.05, 0.1) is 17.0 Å². The van der Waals surface area contributed by atoms with E-state index in [0.29, 0.717) is 12.0 Å². The molecule has 3 heterocycles. The molecule has 0 aliphatic rings. The van der Waals surface area contributed by atoms with Crippen molar-refractivity contribution in [2.24, 2.45) is 0 Å². The molecule has 0 saturated heterocycles. The van der Waals surface area contributed by atoms with Crippen molar-refractivity contribution in [1.29, 1.82) is 0 Å². The molecule has 1 N–H and O–H groups in total. The highest BCUT2D eigenvalue weighted by atomic mass is 32.1. The first-order chi connectivity index (χ1) is 19.7. The molecule has 206 valence electrons. The van der Waals surface area contributed by atoms with Gasteiger partial charge in [0.15, 0.2) is 0 Å². The minimum atomic E-state index is -4.43. The number of nitrogens with zero attached hydrogens (tertiary/aromatic N) is 2. The number of pyridine rings is 1. The van der Waals surface area contributed by atoms with Crippen LogP contribution in [-0.2, 0) is 23.9 Å². The maximum atomic E-state index is 13.1. The van der Waals surface area contributed by atoms with Crippen molar-refractivity contribution in [3.8, 4) is 21.7 Å². The largest absolute Gasteiger partial charge is 0.416 e. The predicted octanol–water partition coefficient (Wildman–Crippen LogP) is 8.46. The van der Waals surface area contributed by atoms with Gasteiger partial charge in [-0.05, 0) is 60.7 Å². The van der Waals surface area contributed by atoms with Crippen LogP contribution >= 0.6 is 11.3 Å². The van der Waals surface area contributed by atoms with E-state index in [2.05, 4.69) is 40.2 Å². The van der Waals surface area contributed by atoms with Crippen LogP contribution in [-0.4, -0.2) is 15.3 Å². The Morgan fingerprint density at radius 1 is 0.927 bits per heavy atom. The van der Waals surface area contributed by atoms with Crippen LogP contribution in [0.3, 0.4) is 0 Å². The zero-order chi connectivity index (χ0) is 28.6. The molecule has 0 bridgehead atoms. The van der Waals surface area contributed by atoms with Crippen LogP contribution in [0.2, 0.25) is 0 Å². The number of aromatic nitrogens is 2. The first-order valence-corrected chi connectivity index (χ1v) is 14.1. The van der Waals surface area contributed by atoms with Crippen molar-refractivity contribution in [2.75, 3.05) is 0 Å². The number of imidazole rings is 1. The molecule has 1 amide bonds. The summed E-state index contributed by atoms with van der Waals surface area (Å²) in [7, 11) is 0. The molecule has 3 aromatic carbocycles. The van der Waals surface area contributed by atoms with Gasteiger partial charge in [0.1, 0.15) is 5.65 Å². The summed E-state index contributed by atoms with van der Waals surface area (Å²) in [6.07, 6.45) is -1.78. The van der Waals surface area contributed by atoms with E-state index in [0.717, 1.165) is 50.7 Å². The predicted molar refractivity (Wildman–Crippen MR) is 158 cm³/mol. The number of benzene rings is 3. The number of rotatable bonds is 7. The number of aryl methyl sites for hydroxylation is 2. The molecule has 0 atom stereocenters. The summed E-state index contributed by atoms with van der Waals surface area (Å²) in [6, 6.07) is 27.7. The van der Waals surface area contributed by atoms with Crippen LogP contribution < -0.4 is 5.32 Å². The average Bonchev–Trinajstić information content (AvgIpc) is 3.56. The first-order valence-electron chi connectivity index (χ1n) is 13.2. The van der Waals surface area contributed by atoms with Crippen LogP contribution in [0.4, 0.5) is 13.2 Å². The zero-order valence-electron chi connectivity index (χ0n) is 22.2. The van der Waals surface area contributed by atoms with Crippen LogP contribution in [0, 0.1) is 6.92 Å². The van der Waals surface area contributed by atoms with E-state index < -0.39 is 11.7 Å². The molecular weight excluding hydrogens is 543 g/mol. The fourth-order valence-corrected chi connectivity index (χ4v) is 5.98. The number of carbonyl (C=O) groups excluding carboxylic acids is 1. The van der Waals surface area contributed by atoms with E-state index in [4.69, 9.17) is 4.98 Å². The van der Waals surface area contributed by atoms with Gasteiger partial charge in [-0.25, -0.2) is 4.98 Å². The topological polar surface area (TPSA) is 46.4 Å². The van der Waals surface area contributed by atoms with Crippen molar-refractivity contribution in [3.05, 3.63) is 120 Å². The Labute approximate surface area is 239 Å². The quantitative estimate of drug-likeness (QED) is 0.210. The Morgan fingerprint density at radius 2 is 1.71 bits per heavy atom. The lowest BCUT2D eigenvalue weighted by atomic mass is 10.1. The molecule has 0 fully saturated rings. The lowest BCUT2D eigenvalue weighted by Gasteiger charge is -2.10. The van der Waals surface area contributed by atoms with E-state index >= 15 is 0 Å². The van der Waals surface area contributed by atoms with Crippen LogP contribution in [0.15, 0.2) is 97.2 Å². The van der Waals surface area contributed by atoms with E-state index in [-0.39, 0.29) is 18.9 Å². The van der Waals surface area contributed by atoms with Gasteiger partial charge in [0.25, 0.3) is 0 Å². The fourth-order valence-electron chi connectivity index (χ4n) is 4.92. The fraction of sp³-hybridized carbons (Fsp3) is 0.152. The summed E-state index contributed by atoms with van der Waals surface area (Å²) in [5.74, 6) is -0.243. The van der Waals surface area contributed by atoms with Crippen molar-refractivity contribution >= 4 is 33.0 Å². The lowest BCUT2D eigenvalue weighted by Crippen LogP contribution is -2.23. The monoisotopic (exact) mass is 569 g/mol. The molecule has 0 radical (unpaired) electrons. The van der Waals surface area contributed by atoms with E-state index in [1.54, 1.807) is 17.4 Å². The number of thiophene rings is 1. The average molecular weight is 570 g/mol. The molecule has 0 unspecified atom stereocenters. The Morgan fingerprint density at radius 3 is 2.49 bits per heavy atom. The Hall–Kier alpha value is -4.43. The molecule has 0 saturated carbocycles. The Kier molecular flexibility index (Phi) is 7.09. The number of fused-ring (bicyclic) bond motifs is 2. The summed E-state index contributed by atoms with van der Waals surface area (Å²) >= 11 is 1.73. The molecular formula is C33H26F3N3OS. The molecule has 3 aromatic heterocycles. The summed E-state index contributed by atoms with van der Waals surface area (Å²) < 4.78 is 42.5. The second-order valence-corrected chi connectivity index (χ2v) is 11.1.